The third-order valence-corrected chi connectivity index (χ3v) is 3.70. The van der Waals surface area contributed by atoms with Crippen LogP contribution >= 0.6 is 11.9 Å². The molecule has 0 bridgehead atoms. The molecule has 6 heteroatoms. The summed E-state index contributed by atoms with van der Waals surface area (Å²) in [5.74, 6) is 0.834. The summed E-state index contributed by atoms with van der Waals surface area (Å²) in [5.41, 5.74) is 2.53. The highest BCUT2D eigenvalue weighted by atomic mass is 32.2. The van der Waals surface area contributed by atoms with E-state index in [-0.39, 0.29) is 0 Å². The zero-order valence-electron chi connectivity index (χ0n) is 11.8. The molecule has 0 aromatic heterocycles. The van der Waals surface area contributed by atoms with Crippen molar-refractivity contribution in [1.29, 1.82) is 0 Å². The maximum Gasteiger partial charge on any atom is 0.211 e. The van der Waals surface area contributed by atoms with E-state index in [0.29, 0.717) is 6.41 Å². The molecule has 2 rings (SSSR count). The van der Waals surface area contributed by atoms with Crippen LogP contribution in [0.15, 0.2) is 47.4 Å². The molecule has 3 N–H and O–H groups in total. The molecule has 0 radical (unpaired) electrons. The number of nitrogens with one attached hydrogen (secondary N) is 3. The monoisotopic (exact) mass is 303 g/mol. The first kappa shape index (κ1) is 15.1. The highest BCUT2D eigenvalue weighted by Crippen LogP contribution is 2.28. The minimum Gasteiger partial charge on any atom is -0.497 e. The number of carbonyl (C=O) groups excluding carboxylic acids is 1. The van der Waals surface area contributed by atoms with Crippen molar-refractivity contribution in [2.24, 2.45) is 0 Å². The van der Waals surface area contributed by atoms with Gasteiger partial charge in [-0.15, -0.1) is 0 Å². The van der Waals surface area contributed by atoms with Gasteiger partial charge in [0.15, 0.2) is 0 Å². The van der Waals surface area contributed by atoms with Crippen LogP contribution in [0.4, 0.5) is 17.1 Å². The lowest BCUT2D eigenvalue weighted by atomic mass is 10.2. The van der Waals surface area contributed by atoms with Gasteiger partial charge in [0.25, 0.3) is 0 Å². The van der Waals surface area contributed by atoms with Gasteiger partial charge >= 0.3 is 0 Å². The first-order valence-corrected chi connectivity index (χ1v) is 7.17. The van der Waals surface area contributed by atoms with Crippen LogP contribution in [0.25, 0.3) is 0 Å². The summed E-state index contributed by atoms with van der Waals surface area (Å²) in [7, 11) is 3.46. The molecule has 0 saturated heterocycles. The molecule has 0 fully saturated rings. The van der Waals surface area contributed by atoms with Crippen molar-refractivity contribution in [2.75, 3.05) is 29.5 Å². The number of amides is 1. The van der Waals surface area contributed by atoms with E-state index in [9.17, 15) is 4.79 Å². The van der Waals surface area contributed by atoms with Crippen molar-refractivity contribution in [3.63, 3.8) is 0 Å². The number of hydrogen-bond donors (Lipinski definition) is 3. The van der Waals surface area contributed by atoms with E-state index in [0.717, 1.165) is 27.7 Å². The van der Waals surface area contributed by atoms with Gasteiger partial charge in [-0.1, -0.05) is 0 Å². The fraction of sp³-hybridized carbons (Fsp3) is 0.133. The molecule has 21 heavy (non-hydrogen) atoms. The van der Waals surface area contributed by atoms with E-state index in [2.05, 4.69) is 15.4 Å². The summed E-state index contributed by atoms with van der Waals surface area (Å²) >= 11 is 1.51. The quantitative estimate of drug-likeness (QED) is 0.540. The Labute approximate surface area is 128 Å². The molecule has 0 aliphatic heterocycles. The summed E-state index contributed by atoms with van der Waals surface area (Å²) in [6.07, 6.45) is 0.662. The van der Waals surface area contributed by atoms with E-state index >= 15 is 0 Å². The fourth-order valence-corrected chi connectivity index (χ4v) is 2.40. The van der Waals surface area contributed by atoms with Gasteiger partial charge in [0.2, 0.25) is 6.41 Å². The molecule has 0 spiro atoms. The average molecular weight is 303 g/mol. The molecule has 1 amide bonds. The molecule has 0 aliphatic rings. The minimum atomic E-state index is 0.662. The van der Waals surface area contributed by atoms with E-state index in [1.807, 2.05) is 49.5 Å². The topological polar surface area (TPSA) is 62.4 Å². The zero-order valence-corrected chi connectivity index (χ0v) is 12.7. The Morgan fingerprint density at radius 3 is 2.48 bits per heavy atom. The lowest BCUT2D eigenvalue weighted by Gasteiger charge is -2.11. The van der Waals surface area contributed by atoms with Crippen molar-refractivity contribution >= 4 is 35.4 Å². The molecule has 2 aromatic carbocycles. The third kappa shape index (κ3) is 4.06. The molecule has 0 atom stereocenters. The second-order valence-electron chi connectivity index (χ2n) is 4.15. The molecular formula is C15H17N3O2S. The SMILES string of the molecule is CNc1cc(NSc2ccc(OC)cc2)ccc1NC=O. The number of hydrogen-bond acceptors (Lipinski definition) is 5. The molecule has 2 aromatic rings. The van der Waals surface area contributed by atoms with Crippen molar-refractivity contribution < 1.29 is 9.53 Å². The van der Waals surface area contributed by atoms with Crippen LogP contribution in [-0.2, 0) is 4.79 Å². The lowest BCUT2D eigenvalue weighted by molar-refractivity contribution is -0.105. The smallest absolute Gasteiger partial charge is 0.211 e. The second-order valence-corrected chi connectivity index (χ2v) is 5.03. The highest BCUT2D eigenvalue weighted by molar-refractivity contribution is 8.00. The summed E-state index contributed by atoms with van der Waals surface area (Å²) in [5, 5.41) is 5.70. The summed E-state index contributed by atoms with van der Waals surface area (Å²) in [6, 6.07) is 13.5. The fourth-order valence-electron chi connectivity index (χ4n) is 1.77. The van der Waals surface area contributed by atoms with E-state index < -0.39 is 0 Å². The van der Waals surface area contributed by atoms with E-state index in [1.165, 1.54) is 11.9 Å². The van der Waals surface area contributed by atoms with Crippen molar-refractivity contribution in [1.82, 2.24) is 0 Å². The van der Waals surface area contributed by atoms with Crippen molar-refractivity contribution in [3.8, 4) is 5.75 Å². The van der Waals surface area contributed by atoms with Crippen LogP contribution in [0.2, 0.25) is 0 Å². The van der Waals surface area contributed by atoms with Gasteiger partial charge in [-0.3, -0.25) is 4.79 Å². The molecule has 5 nitrogen and oxygen atoms in total. The Morgan fingerprint density at radius 1 is 1.10 bits per heavy atom. The second kappa shape index (κ2) is 7.44. The Bertz CT molecular complexity index is 602. The third-order valence-electron chi connectivity index (χ3n) is 2.85. The average Bonchev–Trinajstić information content (AvgIpc) is 2.54. The molecule has 0 unspecified atom stereocenters. The van der Waals surface area contributed by atoms with Gasteiger partial charge in [-0.25, -0.2) is 0 Å². The summed E-state index contributed by atoms with van der Waals surface area (Å²) in [6.45, 7) is 0. The number of rotatable bonds is 7. The standard InChI is InChI=1S/C15H17N3O2S/c1-16-15-9-11(3-8-14(15)17-10-19)18-21-13-6-4-12(20-2)5-7-13/h3-10,16,18H,1-2H3,(H,17,19). The number of benzene rings is 2. The largest absolute Gasteiger partial charge is 0.497 e. The lowest BCUT2D eigenvalue weighted by Crippen LogP contribution is -2.00. The number of methoxy groups -OCH3 is 1. The Kier molecular flexibility index (Phi) is 5.34. The zero-order chi connectivity index (χ0) is 15.1. The van der Waals surface area contributed by atoms with Crippen molar-refractivity contribution in [2.45, 2.75) is 4.90 Å². The predicted octanol–water partition coefficient (Wildman–Crippen LogP) is 3.42. The number of carbonyl (C=O) groups is 1. The van der Waals surface area contributed by atoms with Gasteiger partial charge in [-0.2, -0.15) is 0 Å². The van der Waals surface area contributed by atoms with Gasteiger partial charge in [-0.05, 0) is 54.4 Å². The van der Waals surface area contributed by atoms with Crippen LogP contribution in [-0.4, -0.2) is 20.6 Å². The van der Waals surface area contributed by atoms with Crippen LogP contribution in [0, 0.1) is 0 Å². The van der Waals surface area contributed by atoms with Gasteiger partial charge in [0, 0.05) is 17.6 Å². The maximum absolute atomic E-state index is 10.5. The molecule has 110 valence electrons. The summed E-state index contributed by atoms with van der Waals surface area (Å²) < 4.78 is 8.39. The number of anilines is 3. The van der Waals surface area contributed by atoms with Crippen LogP contribution in [0.1, 0.15) is 0 Å². The Hall–Kier alpha value is -2.34. The normalized spacial score (nSPS) is 9.81. The minimum absolute atomic E-state index is 0.662. The van der Waals surface area contributed by atoms with Gasteiger partial charge < -0.3 is 20.1 Å². The van der Waals surface area contributed by atoms with Gasteiger partial charge in [0.1, 0.15) is 5.75 Å². The Balaban J connectivity index is 2.03. The molecular weight excluding hydrogens is 286 g/mol. The van der Waals surface area contributed by atoms with E-state index in [4.69, 9.17) is 4.74 Å². The summed E-state index contributed by atoms with van der Waals surface area (Å²) in [4.78, 5) is 11.6. The Morgan fingerprint density at radius 2 is 1.86 bits per heavy atom. The first-order valence-electron chi connectivity index (χ1n) is 6.35. The maximum atomic E-state index is 10.5. The van der Waals surface area contributed by atoms with Crippen LogP contribution < -0.4 is 20.1 Å². The first-order chi connectivity index (χ1) is 10.3. The molecule has 0 aliphatic carbocycles. The van der Waals surface area contributed by atoms with Crippen LogP contribution in [0.5, 0.6) is 5.75 Å². The van der Waals surface area contributed by atoms with Crippen LogP contribution in [0.3, 0.4) is 0 Å². The highest BCUT2D eigenvalue weighted by Gasteiger charge is 2.02. The number of ether oxygens (including phenoxy) is 1. The predicted molar refractivity (Wildman–Crippen MR) is 88.1 cm³/mol. The molecule has 0 heterocycles. The molecule has 0 saturated carbocycles. The van der Waals surface area contributed by atoms with Gasteiger partial charge in [0.05, 0.1) is 18.5 Å². The van der Waals surface area contributed by atoms with E-state index in [1.54, 1.807) is 7.11 Å². The van der Waals surface area contributed by atoms with Crippen molar-refractivity contribution in [3.05, 3.63) is 42.5 Å².